The van der Waals surface area contributed by atoms with Crippen LogP contribution in [0.5, 0.6) is 0 Å². The summed E-state index contributed by atoms with van der Waals surface area (Å²) < 4.78 is 26.9. The van der Waals surface area contributed by atoms with Crippen LogP contribution in [0.1, 0.15) is 24.0 Å². The van der Waals surface area contributed by atoms with Crippen LogP contribution >= 0.6 is 0 Å². The molecule has 0 spiro atoms. The maximum Gasteiger partial charge on any atom is 0.242 e. The number of hydrogen-bond donors (Lipinski definition) is 1. The molecular weight excluding hydrogens is 474 g/mol. The fourth-order valence-corrected chi connectivity index (χ4v) is 5.22. The Balaban J connectivity index is 1.75. The Kier molecular flexibility index (Phi) is 9.78. The van der Waals surface area contributed by atoms with E-state index in [-0.39, 0.29) is 36.2 Å². The Morgan fingerprint density at radius 2 is 1.36 bits per heavy atom. The Morgan fingerprint density at radius 3 is 1.92 bits per heavy atom. The van der Waals surface area contributed by atoms with Gasteiger partial charge in [-0.05, 0) is 29.7 Å². The van der Waals surface area contributed by atoms with Crippen LogP contribution in [0, 0.1) is 0 Å². The highest BCUT2D eigenvalue weighted by Gasteiger charge is 2.30. The van der Waals surface area contributed by atoms with Gasteiger partial charge in [0.05, 0.1) is 4.90 Å². The molecule has 7 nitrogen and oxygen atoms in total. The van der Waals surface area contributed by atoms with Crippen molar-refractivity contribution >= 4 is 21.8 Å². The normalized spacial score (nSPS) is 12.2. The number of nitrogens with zero attached hydrogens (tertiary/aromatic N) is 2. The van der Waals surface area contributed by atoms with Crippen molar-refractivity contribution in [2.45, 2.75) is 36.7 Å². The topological polar surface area (TPSA) is 86.8 Å². The molecule has 0 aliphatic carbocycles. The molecule has 0 aromatic heterocycles. The van der Waals surface area contributed by atoms with Crippen LogP contribution in [0.3, 0.4) is 0 Å². The average Bonchev–Trinajstić information content (AvgIpc) is 2.91. The van der Waals surface area contributed by atoms with Gasteiger partial charge < -0.3 is 10.2 Å². The molecule has 190 valence electrons. The quantitative estimate of drug-likeness (QED) is 0.407. The van der Waals surface area contributed by atoms with Gasteiger partial charge in [0.25, 0.3) is 0 Å². The SMILES string of the molecule is CNC(=O)[C@H](Cc1ccccc1)N(Cc1ccccc1)C(=O)CCCN(C)S(=O)(=O)c1ccccc1. The van der Waals surface area contributed by atoms with Crippen molar-refractivity contribution in [1.82, 2.24) is 14.5 Å². The lowest BCUT2D eigenvalue weighted by Crippen LogP contribution is -2.49. The molecule has 3 aromatic carbocycles. The number of likely N-dealkylation sites (N-methyl/N-ethyl adjacent to an activating group) is 1. The Bertz CT molecular complexity index is 1220. The molecule has 0 fully saturated rings. The minimum atomic E-state index is -3.64. The molecule has 1 atom stereocenters. The molecule has 0 saturated heterocycles. The molecule has 2 amide bonds. The zero-order chi connectivity index (χ0) is 26.0. The van der Waals surface area contributed by atoms with Gasteiger partial charge in [-0.25, -0.2) is 12.7 Å². The van der Waals surface area contributed by atoms with E-state index in [9.17, 15) is 18.0 Å². The molecule has 0 heterocycles. The van der Waals surface area contributed by atoms with Gasteiger partial charge in [0.1, 0.15) is 6.04 Å². The number of rotatable bonds is 12. The molecular formula is C28H33N3O4S. The number of amides is 2. The van der Waals surface area contributed by atoms with Crippen LogP contribution in [0.4, 0.5) is 0 Å². The van der Waals surface area contributed by atoms with E-state index in [4.69, 9.17) is 0 Å². The fraction of sp³-hybridized carbons (Fsp3) is 0.286. The van der Waals surface area contributed by atoms with E-state index in [0.717, 1.165) is 11.1 Å². The minimum Gasteiger partial charge on any atom is -0.357 e. The van der Waals surface area contributed by atoms with E-state index in [2.05, 4.69) is 5.32 Å². The zero-order valence-electron chi connectivity index (χ0n) is 20.7. The van der Waals surface area contributed by atoms with E-state index < -0.39 is 16.1 Å². The lowest BCUT2D eigenvalue weighted by molar-refractivity contribution is -0.141. The van der Waals surface area contributed by atoms with Crippen LogP contribution in [-0.2, 0) is 32.6 Å². The summed E-state index contributed by atoms with van der Waals surface area (Å²) in [6, 6.07) is 26.6. The minimum absolute atomic E-state index is 0.115. The summed E-state index contributed by atoms with van der Waals surface area (Å²) in [6.07, 6.45) is 0.823. The second-order valence-corrected chi connectivity index (χ2v) is 10.6. The first kappa shape index (κ1) is 27.1. The highest BCUT2D eigenvalue weighted by Crippen LogP contribution is 2.18. The van der Waals surface area contributed by atoms with Crippen molar-refractivity contribution in [2.24, 2.45) is 0 Å². The Morgan fingerprint density at radius 1 is 0.833 bits per heavy atom. The average molecular weight is 508 g/mol. The summed E-state index contributed by atoms with van der Waals surface area (Å²) >= 11 is 0. The third-order valence-electron chi connectivity index (χ3n) is 6.03. The Hall–Kier alpha value is -3.49. The first-order valence-corrected chi connectivity index (χ1v) is 13.4. The van der Waals surface area contributed by atoms with Crippen LogP contribution in [0.15, 0.2) is 95.9 Å². The molecule has 8 heteroatoms. The van der Waals surface area contributed by atoms with Gasteiger partial charge in [-0.1, -0.05) is 78.9 Å². The second kappa shape index (κ2) is 13.0. The first-order chi connectivity index (χ1) is 17.3. The molecule has 36 heavy (non-hydrogen) atoms. The zero-order valence-corrected chi connectivity index (χ0v) is 21.5. The second-order valence-electron chi connectivity index (χ2n) is 8.57. The first-order valence-electron chi connectivity index (χ1n) is 11.9. The van der Waals surface area contributed by atoms with Crippen molar-refractivity contribution in [3.05, 3.63) is 102 Å². The highest BCUT2D eigenvalue weighted by molar-refractivity contribution is 7.89. The van der Waals surface area contributed by atoms with Crippen LogP contribution < -0.4 is 5.32 Å². The van der Waals surface area contributed by atoms with E-state index in [1.54, 1.807) is 42.3 Å². The molecule has 3 rings (SSSR count). The largest absolute Gasteiger partial charge is 0.357 e. The standard InChI is InChI=1S/C28H33N3O4S/c1-29-28(33)26(21-23-13-6-3-7-14-23)31(22-24-15-8-4-9-16-24)27(32)19-12-20-30(2)36(34,35)25-17-10-5-11-18-25/h3-11,13-18,26H,12,19-22H2,1-2H3,(H,29,33)/t26-/m0/s1. The number of sulfonamides is 1. The van der Waals surface area contributed by atoms with Crippen molar-refractivity contribution < 1.29 is 18.0 Å². The van der Waals surface area contributed by atoms with E-state index >= 15 is 0 Å². The van der Waals surface area contributed by atoms with Crippen LogP contribution in [0.2, 0.25) is 0 Å². The van der Waals surface area contributed by atoms with Gasteiger partial charge in [-0.2, -0.15) is 0 Å². The fourth-order valence-electron chi connectivity index (χ4n) is 3.99. The van der Waals surface area contributed by atoms with Gasteiger partial charge in [-0.15, -0.1) is 0 Å². The third-order valence-corrected chi connectivity index (χ3v) is 7.90. The van der Waals surface area contributed by atoms with E-state index in [1.807, 2.05) is 60.7 Å². The van der Waals surface area contributed by atoms with Gasteiger partial charge in [0.15, 0.2) is 0 Å². The number of carbonyl (C=O) groups excluding carboxylic acids is 2. The lowest BCUT2D eigenvalue weighted by atomic mass is 10.0. The molecule has 0 aliphatic rings. The summed E-state index contributed by atoms with van der Waals surface area (Å²) in [4.78, 5) is 28.2. The molecule has 1 N–H and O–H groups in total. The molecule has 0 bridgehead atoms. The number of hydrogen-bond acceptors (Lipinski definition) is 4. The monoisotopic (exact) mass is 507 g/mol. The van der Waals surface area contributed by atoms with Crippen molar-refractivity contribution in [1.29, 1.82) is 0 Å². The summed E-state index contributed by atoms with van der Waals surface area (Å²) in [5.41, 5.74) is 1.86. The predicted molar refractivity (Wildman–Crippen MR) is 140 cm³/mol. The van der Waals surface area contributed by atoms with E-state index in [1.165, 1.54) is 11.4 Å². The summed E-state index contributed by atoms with van der Waals surface area (Å²) in [7, 11) is -0.560. The van der Waals surface area contributed by atoms with Crippen LogP contribution in [0.25, 0.3) is 0 Å². The van der Waals surface area contributed by atoms with Gasteiger partial charge in [0, 0.05) is 40.0 Å². The van der Waals surface area contributed by atoms with E-state index in [0.29, 0.717) is 12.8 Å². The van der Waals surface area contributed by atoms with Gasteiger partial charge in [0.2, 0.25) is 21.8 Å². The number of nitrogens with one attached hydrogen (secondary N) is 1. The number of benzene rings is 3. The van der Waals surface area contributed by atoms with Crippen molar-refractivity contribution in [3.8, 4) is 0 Å². The van der Waals surface area contributed by atoms with Crippen molar-refractivity contribution in [2.75, 3.05) is 20.6 Å². The Labute approximate surface area is 213 Å². The maximum atomic E-state index is 13.5. The summed E-state index contributed by atoms with van der Waals surface area (Å²) in [6.45, 7) is 0.466. The summed E-state index contributed by atoms with van der Waals surface area (Å²) in [5, 5.41) is 2.70. The maximum absolute atomic E-state index is 13.5. The molecule has 0 saturated carbocycles. The molecule has 0 unspecified atom stereocenters. The van der Waals surface area contributed by atoms with Gasteiger partial charge in [-0.3, -0.25) is 9.59 Å². The molecule has 0 aliphatic heterocycles. The third kappa shape index (κ3) is 7.26. The summed E-state index contributed by atoms with van der Waals surface area (Å²) in [5.74, 6) is -0.444. The number of carbonyl (C=O) groups is 2. The predicted octanol–water partition coefficient (Wildman–Crippen LogP) is 3.47. The molecule has 0 radical (unpaired) electrons. The van der Waals surface area contributed by atoms with Crippen LogP contribution in [-0.4, -0.2) is 56.1 Å². The lowest BCUT2D eigenvalue weighted by Gasteiger charge is -2.31. The van der Waals surface area contributed by atoms with Crippen molar-refractivity contribution in [3.63, 3.8) is 0 Å². The smallest absolute Gasteiger partial charge is 0.242 e. The highest BCUT2D eigenvalue weighted by atomic mass is 32.2. The molecule has 3 aromatic rings. The van der Waals surface area contributed by atoms with Gasteiger partial charge >= 0.3 is 0 Å².